The van der Waals surface area contributed by atoms with Crippen molar-refractivity contribution in [2.75, 3.05) is 25.5 Å². The summed E-state index contributed by atoms with van der Waals surface area (Å²) in [6.07, 6.45) is 3.40. The predicted molar refractivity (Wildman–Crippen MR) is 71.0 cm³/mol. The van der Waals surface area contributed by atoms with Gasteiger partial charge in [0.2, 0.25) is 0 Å². The summed E-state index contributed by atoms with van der Waals surface area (Å²) in [7, 11) is 0. The molecule has 1 unspecified atom stereocenters. The second kappa shape index (κ2) is 5.52. The second-order valence-electron chi connectivity index (χ2n) is 5.14. The molecule has 2 rings (SSSR count). The molecular formula is C14H22N2O. The first-order valence-corrected chi connectivity index (χ1v) is 6.35. The first-order chi connectivity index (χ1) is 8.18. The molecule has 1 atom stereocenters. The summed E-state index contributed by atoms with van der Waals surface area (Å²) in [6.45, 7) is 4.98. The number of nitrogen functional groups attached to an aromatic ring is 1. The highest BCUT2D eigenvalue weighted by molar-refractivity contribution is 5.39. The van der Waals surface area contributed by atoms with Gasteiger partial charge in [0.15, 0.2) is 0 Å². The van der Waals surface area contributed by atoms with E-state index < -0.39 is 0 Å². The molecule has 3 nitrogen and oxygen atoms in total. The zero-order valence-corrected chi connectivity index (χ0v) is 10.5. The summed E-state index contributed by atoms with van der Waals surface area (Å²) in [6, 6.07) is 8.11. The van der Waals surface area contributed by atoms with Crippen molar-refractivity contribution in [3.63, 3.8) is 0 Å². The average molecular weight is 234 g/mol. The molecule has 0 saturated carbocycles. The molecule has 1 heterocycles. The largest absolute Gasteiger partial charge is 0.399 e. The Labute approximate surface area is 103 Å². The first-order valence-electron chi connectivity index (χ1n) is 6.35. The Balaban J connectivity index is 1.77. The van der Waals surface area contributed by atoms with Crippen molar-refractivity contribution in [2.24, 2.45) is 0 Å². The van der Waals surface area contributed by atoms with Gasteiger partial charge in [0.1, 0.15) is 0 Å². The van der Waals surface area contributed by atoms with Gasteiger partial charge >= 0.3 is 0 Å². The molecule has 1 aliphatic rings. The molecule has 1 aliphatic heterocycles. The van der Waals surface area contributed by atoms with Crippen LogP contribution in [0.2, 0.25) is 0 Å². The van der Waals surface area contributed by atoms with Crippen LogP contribution in [0.25, 0.3) is 0 Å². The van der Waals surface area contributed by atoms with Crippen LogP contribution in [0.3, 0.4) is 0 Å². The SMILES string of the molecule is CC1(NCCc2ccc(N)cc2)CCCOC1. The first kappa shape index (κ1) is 12.4. The molecule has 17 heavy (non-hydrogen) atoms. The van der Waals surface area contributed by atoms with E-state index in [1.165, 1.54) is 12.0 Å². The molecule has 1 fully saturated rings. The van der Waals surface area contributed by atoms with E-state index in [9.17, 15) is 0 Å². The molecule has 0 amide bonds. The summed E-state index contributed by atoms with van der Waals surface area (Å²) in [5, 5.41) is 3.60. The van der Waals surface area contributed by atoms with E-state index in [4.69, 9.17) is 10.5 Å². The van der Waals surface area contributed by atoms with Gasteiger partial charge in [-0.25, -0.2) is 0 Å². The topological polar surface area (TPSA) is 47.3 Å². The van der Waals surface area contributed by atoms with E-state index in [1.54, 1.807) is 0 Å². The lowest BCUT2D eigenvalue weighted by atomic mass is 9.94. The lowest BCUT2D eigenvalue weighted by Gasteiger charge is -2.34. The molecule has 0 aromatic heterocycles. The number of anilines is 1. The highest BCUT2D eigenvalue weighted by Gasteiger charge is 2.26. The van der Waals surface area contributed by atoms with Crippen molar-refractivity contribution >= 4 is 5.69 Å². The van der Waals surface area contributed by atoms with E-state index >= 15 is 0 Å². The highest BCUT2D eigenvalue weighted by Crippen LogP contribution is 2.18. The Kier molecular flexibility index (Phi) is 4.02. The summed E-state index contributed by atoms with van der Waals surface area (Å²) >= 11 is 0. The Bertz CT molecular complexity index is 342. The fourth-order valence-electron chi connectivity index (χ4n) is 2.27. The van der Waals surface area contributed by atoms with Crippen molar-refractivity contribution in [1.82, 2.24) is 5.32 Å². The fraction of sp³-hybridized carbons (Fsp3) is 0.571. The number of nitrogens with two attached hydrogens (primary N) is 1. The van der Waals surface area contributed by atoms with Gasteiger partial charge in [-0.3, -0.25) is 0 Å². The number of benzene rings is 1. The standard InChI is InChI=1S/C14H22N2O/c1-14(8-2-10-17-11-14)16-9-7-12-3-5-13(15)6-4-12/h3-6,16H,2,7-11,15H2,1H3. The number of nitrogens with one attached hydrogen (secondary N) is 1. The van der Waals surface area contributed by atoms with Gasteiger partial charge in [-0.15, -0.1) is 0 Å². The lowest BCUT2D eigenvalue weighted by Crippen LogP contribution is -2.49. The van der Waals surface area contributed by atoms with Crippen LogP contribution in [-0.2, 0) is 11.2 Å². The smallest absolute Gasteiger partial charge is 0.0645 e. The molecule has 94 valence electrons. The van der Waals surface area contributed by atoms with Crippen molar-refractivity contribution in [3.8, 4) is 0 Å². The van der Waals surface area contributed by atoms with Gasteiger partial charge in [0.25, 0.3) is 0 Å². The van der Waals surface area contributed by atoms with Crippen LogP contribution in [-0.4, -0.2) is 25.3 Å². The molecule has 1 aromatic carbocycles. The monoisotopic (exact) mass is 234 g/mol. The Morgan fingerprint density at radius 1 is 1.35 bits per heavy atom. The van der Waals surface area contributed by atoms with E-state index in [2.05, 4.69) is 24.4 Å². The Hall–Kier alpha value is -1.06. The molecule has 0 spiro atoms. The normalized spacial score (nSPS) is 24.8. The van der Waals surface area contributed by atoms with Gasteiger partial charge in [-0.05, 0) is 50.4 Å². The maximum absolute atomic E-state index is 5.66. The van der Waals surface area contributed by atoms with Crippen molar-refractivity contribution in [2.45, 2.75) is 31.7 Å². The minimum absolute atomic E-state index is 0.159. The quantitative estimate of drug-likeness (QED) is 0.783. The molecular weight excluding hydrogens is 212 g/mol. The summed E-state index contributed by atoms with van der Waals surface area (Å²) in [4.78, 5) is 0. The molecule has 0 bridgehead atoms. The lowest BCUT2D eigenvalue weighted by molar-refractivity contribution is 0.0289. The second-order valence-corrected chi connectivity index (χ2v) is 5.14. The van der Waals surface area contributed by atoms with Gasteiger partial charge < -0.3 is 15.8 Å². The summed E-state index contributed by atoms with van der Waals surface area (Å²) in [5.74, 6) is 0. The third-order valence-electron chi connectivity index (χ3n) is 3.38. The zero-order chi connectivity index (χ0) is 12.1. The third-order valence-corrected chi connectivity index (χ3v) is 3.38. The van der Waals surface area contributed by atoms with Crippen LogP contribution in [0.5, 0.6) is 0 Å². The van der Waals surface area contributed by atoms with Gasteiger partial charge in [-0.2, -0.15) is 0 Å². The van der Waals surface area contributed by atoms with Gasteiger partial charge in [-0.1, -0.05) is 12.1 Å². The van der Waals surface area contributed by atoms with Crippen LogP contribution in [0, 0.1) is 0 Å². The Morgan fingerprint density at radius 3 is 2.76 bits per heavy atom. The molecule has 0 aliphatic carbocycles. The van der Waals surface area contributed by atoms with Crippen LogP contribution in [0.4, 0.5) is 5.69 Å². The highest BCUT2D eigenvalue weighted by atomic mass is 16.5. The van der Waals surface area contributed by atoms with Crippen molar-refractivity contribution in [3.05, 3.63) is 29.8 Å². The zero-order valence-electron chi connectivity index (χ0n) is 10.5. The molecule has 0 radical (unpaired) electrons. The summed E-state index contributed by atoms with van der Waals surface area (Å²) < 4.78 is 5.52. The van der Waals surface area contributed by atoms with E-state index in [-0.39, 0.29) is 5.54 Å². The molecule has 3 N–H and O–H groups in total. The number of hydrogen-bond donors (Lipinski definition) is 2. The van der Waals surface area contributed by atoms with Crippen LogP contribution in [0.1, 0.15) is 25.3 Å². The summed E-state index contributed by atoms with van der Waals surface area (Å²) in [5.41, 5.74) is 7.97. The minimum Gasteiger partial charge on any atom is -0.399 e. The molecule has 3 heteroatoms. The number of rotatable bonds is 4. The predicted octanol–water partition coefficient (Wildman–Crippen LogP) is 1.97. The minimum atomic E-state index is 0.159. The fourth-order valence-corrected chi connectivity index (χ4v) is 2.27. The number of hydrogen-bond acceptors (Lipinski definition) is 3. The molecule has 1 saturated heterocycles. The molecule has 1 aromatic rings. The van der Waals surface area contributed by atoms with Crippen molar-refractivity contribution < 1.29 is 4.74 Å². The maximum atomic E-state index is 5.66. The van der Waals surface area contributed by atoms with E-state index in [0.717, 1.165) is 38.3 Å². The van der Waals surface area contributed by atoms with Crippen LogP contribution in [0.15, 0.2) is 24.3 Å². The third kappa shape index (κ3) is 3.72. The van der Waals surface area contributed by atoms with Crippen LogP contribution < -0.4 is 11.1 Å². The van der Waals surface area contributed by atoms with Crippen molar-refractivity contribution in [1.29, 1.82) is 0 Å². The van der Waals surface area contributed by atoms with Crippen LogP contribution >= 0.6 is 0 Å². The van der Waals surface area contributed by atoms with E-state index in [0.29, 0.717) is 0 Å². The Morgan fingerprint density at radius 2 is 2.12 bits per heavy atom. The van der Waals surface area contributed by atoms with Gasteiger partial charge in [0.05, 0.1) is 6.61 Å². The average Bonchev–Trinajstić information content (AvgIpc) is 2.32. The van der Waals surface area contributed by atoms with E-state index in [1.807, 2.05) is 12.1 Å². The van der Waals surface area contributed by atoms with Gasteiger partial charge in [0, 0.05) is 17.8 Å². The number of ether oxygens (including phenoxy) is 1. The maximum Gasteiger partial charge on any atom is 0.0645 e.